The molecule has 0 bridgehead atoms. The summed E-state index contributed by atoms with van der Waals surface area (Å²) in [4.78, 5) is 25.4. The van der Waals surface area contributed by atoms with Crippen LogP contribution in [0.15, 0.2) is 102 Å². The van der Waals surface area contributed by atoms with Gasteiger partial charge in [0, 0.05) is 28.2 Å². The van der Waals surface area contributed by atoms with E-state index in [2.05, 4.69) is 15.4 Å². The number of hydrogen-bond donors (Lipinski definition) is 3. The Kier molecular flexibility index (Phi) is 7.17. The first-order valence-corrected chi connectivity index (χ1v) is 12.7. The number of carbonyl (C=O) groups is 2. The van der Waals surface area contributed by atoms with E-state index in [1.807, 2.05) is 32.0 Å². The summed E-state index contributed by atoms with van der Waals surface area (Å²) in [6, 6.07) is 26.7. The van der Waals surface area contributed by atoms with Gasteiger partial charge < -0.3 is 10.6 Å². The number of rotatable bonds is 7. The fraction of sp³-hybridized carbons (Fsp3) is 0.0714. The number of amides is 2. The molecule has 0 saturated carbocycles. The Balaban J connectivity index is 1.44. The van der Waals surface area contributed by atoms with E-state index in [0.29, 0.717) is 28.2 Å². The van der Waals surface area contributed by atoms with Crippen molar-refractivity contribution in [1.29, 1.82) is 0 Å². The number of aryl methyl sites for hydroxylation is 2. The molecule has 0 radical (unpaired) electrons. The molecule has 3 N–H and O–H groups in total. The Hall–Kier alpha value is -4.43. The number of sulfonamides is 1. The third-order valence-electron chi connectivity index (χ3n) is 5.51. The van der Waals surface area contributed by atoms with E-state index in [1.165, 1.54) is 24.3 Å². The quantitative estimate of drug-likeness (QED) is 0.307. The summed E-state index contributed by atoms with van der Waals surface area (Å²) < 4.78 is 27.9. The second-order valence-corrected chi connectivity index (χ2v) is 9.98. The zero-order chi connectivity index (χ0) is 25.7. The van der Waals surface area contributed by atoms with Gasteiger partial charge in [-0.1, -0.05) is 42.0 Å². The molecule has 0 aliphatic heterocycles. The van der Waals surface area contributed by atoms with Crippen molar-refractivity contribution in [2.45, 2.75) is 18.7 Å². The molecule has 0 aromatic heterocycles. The highest BCUT2D eigenvalue weighted by Crippen LogP contribution is 2.21. The highest BCUT2D eigenvalue weighted by Gasteiger charge is 2.15. The Bertz CT molecular complexity index is 1500. The topological polar surface area (TPSA) is 104 Å². The van der Waals surface area contributed by atoms with Crippen molar-refractivity contribution >= 4 is 38.9 Å². The van der Waals surface area contributed by atoms with Crippen LogP contribution < -0.4 is 15.4 Å². The molecule has 0 fully saturated rings. The highest BCUT2D eigenvalue weighted by molar-refractivity contribution is 7.92. The number of anilines is 3. The molecule has 4 aromatic carbocycles. The molecule has 0 aliphatic rings. The van der Waals surface area contributed by atoms with Crippen molar-refractivity contribution in [2.75, 3.05) is 15.4 Å². The van der Waals surface area contributed by atoms with Crippen LogP contribution in [0.25, 0.3) is 0 Å². The molecular formula is C28H25N3O4S. The maximum atomic E-state index is 12.8. The largest absolute Gasteiger partial charge is 0.322 e. The molecule has 0 unspecified atom stereocenters. The molecule has 182 valence electrons. The van der Waals surface area contributed by atoms with Gasteiger partial charge in [0.15, 0.2) is 0 Å². The van der Waals surface area contributed by atoms with Crippen molar-refractivity contribution in [2.24, 2.45) is 0 Å². The summed E-state index contributed by atoms with van der Waals surface area (Å²) in [7, 11) is -3.77. The predicted octanol–water partition coefficient (Wildman–Crippen LogP) is 5.61. The average Bonchev–Trinajstić information content (AvgIpc) is 2.87. The molecule has 2 amide bonds. The molecule has 8 heteroatoms. The zero-order valence-corrected chi connectivity index (χ0v) is 20.6. The van der Waals surface area contributed by atoms with E-state index in [0.717, 1.165) is 11.1 Å². The summed E-state index contributed by atoms with van der Waals surface area (Å²) >= 11 is 0. The van der Waals surface area contributed by atoms with Crippen LogP contribution in [0.5, 0.6) is 0 Å². The van der Waals surface area contributed by atoms with Gasteiger partial charge in [0.2, 0.25) is 0 Å². The van der Waals surface area contributed by atoms with E-state index in [4.69, 9.17) is 0 Å². The van der Waals surface area contributed by atoms with Crippen LogP contribution in [0.1, 0.15) is 31.8 Å². The fourth-order valence-corrected chi connectivity index (χ4v) is 4.50. The molecule has 36 heavy (non-hydrogen) atoms. The molecule has 0 saturated heterocycles. The van der Waals surface area contributed by atoms with Gasteiger partial charge in [-0.3, -0.25) is 14.3 Å². The molecule has 7 nitrogen and oxygen atoms in total. The van der Waals surface area contributed by atoms with Gasteiger partial charge in [0.05, 0.1) is 4.90 Å². The van der Waals surface area contributed by atoms with Crippen LogP contribution in [-0.4, -0.2) is 20.2 Å². The highest BCUT2D eigenvalue weighted by atomic mass is 32.2. The predicted molar refractivity (Wildman–Crippen MR) is 142 cm³/mol. The van der Waals surface area contributed by atoms with Gasteiger partial charge in [0.25, 0.3) is 21.8 Å². The van der Waals surface area contributed by atoms with Crippen molar-refractivity contribution in [3.63, 3.8) is 0 Å². The van der Waals surface area contributed by atoms with Gasteiger partial charge in [-0.25, -0.2) is 8.42 Å². The number of nitrogens with one attached hydrogen (secondary N) is 3. The van der Waals surface area contributed by atoms with E-state index < -0.39 is 15.9 Å². The minimum atomic E-state index is -3.77. The van der Waals surface area contributed by atoms with E-state index >= 15 is 0 Å². The zero-order valence-electron chi connectivity index (χ0n) is 19.8. The minimum absolute atomic E-state index is 0.0716. The first kappa shape index (κ1) is 24.7. The molecule has 0 atom stereocenters. The Morgan fingerprint density at radius 2 is 1.25 bits per heavy atom. The third kappa shape index (κ3) is 5.97. The fourth-order valence-electron chi connectivity index (χ4n) is 3.44. The second-order valence-electron chi connectivity index (χ2n) is 8.30. The number of benzene rings is 4. The lowest BCUT2D eigenvalue weighted by Gasteiger charge is -2.12. The van der Waals surface area contributed by atoms with E-state index in [1.54, 1.807) is 54.6 Å². The second kappa shape index (κ2) is 10.5. The number of hydrogen-bond acceptors (Lipinski definition) is 4. The molecule has 4 rings (SSSR count). The molecule has 4 aromatic rings. The summed E-state index contributed by atoms with van der Waals surface area (Å²) in [6.45, 7) is 3.76. The first-order valence-electron chi connectivity index (χ1n) is 11.2. The van der Waals surface area contributed by atoms with Crippen molar-refractivity contribution in [3.8, 4) is 0 Å². The summed E-state index contributed by atoms with van der Waals surface area (Å²) in [6.07, 6.45) is 0. The summed E-state index contributed by atoms with van der Waals surface area (Å²) in [5.74, 6) is -0.661. The van der Waals surface area contributed by atoms with Gasteiger partial charge in [-0.2, -0.15) is 0 Å². The van der Waals surface area contributed by atoms with Crippen LogP contribution in [0.3, 0.4) is 0 Å². The molecule has 0 heterocycles. The van der Waals surface area contributed by atoms with Crippen LogP contribution >= 0.6 is 0 Å². The summed E-state index contributed by atoms with van der Waals surface area (Å²) in [5.41, 5.74) is 4.13. The molecule has 0 aliphatic carbocycles. The maximum absolute atomic E-state index is 12.8. The molecule has 0 spiro atoms. The van der Waals surface area contributed by atoms with Gasteiger partial charge in [0.1, 0.15) is 0 Å². The Morgan fingerprint density at radius 1 is 0.639 bits per heavy atom. The van der Waals surface area contributed by atoms with E-state index in [9.17, 15) is 18.0 Å². The van der Waals surface area contributed by atoms with Gasteiger partial charge in [-0.15, -0.1) is 0 Å². The first-order chi connectivity index (χ1) is 17.2. The Labute approximate surface area is 210 Å². The van der Waals surface area contributed by atoms with Crippen molar-refractivity contribution < 1.29 is 18.0 Å². The summed E-state index contributed by atoms with van der Waals surface area (Å²) in [5, 5.41) is 5.60. The van der Waals surface area contributed by atoms with Crippen LogP contribution in [0, 0.1) is 13.8 Å². The average molecular weight is 500 g/mol. The van der Waals surface area contributed by atoms with Gasteiger partial charge >= 0.3 is 0 Å². The van der Waals surface area contributed by atoms with E-state index in [-0.39, 0.29) is 10.8 Å². The van der Waals surface area contributed by atoms with Crippen LogP contribution in [0.2, 0.25) is 0 Å². The number of carbonyl (C=O) groups excluding carboxylic acids is 2. The van der Waals surface area contributed by atoms with Crippen LogP contribution in [-0.2, 0) is 10.0 Å². The minimum Gasteiger partial charge on any atom is -0.322 e. The van der Waals surface area contributed by atoms with Crippen LogP contribution in [0.4, 0.5) is 17.1 Å². The standard InChI is InChI=1S/C28H25N3O4S/c1-19-8-12-24(13-9-19)31-36(34,35)25-16-14-23(15-17-25)29-28(33)22-11-10-20(2)26(18-22)30-27(32)21-6-4-3-5-7-21/h3-18,31H,1-2H3,(H,29,33)(H,30,32). The molecular weight excluding hydrogens is 474 g/mol. The lowest BCUT2D eigenvalue weighted by atomic mass is 10.1. The monoisotopic (exact) mass is 499 g/mol. The Morgan fingerprint density at radius 3 is 1.92 bits per heavy atom. The SMILES string of the molecule is Cc1ccc(NS(=O)(=O)c2ccc(NC(=O)c3ccc(C)c(NC(=O)c4ccccc4)c3)cc2)cc1. The smallest absolute Gasteiger partial charge is 0.261 e. The maximum Gasteiger partial charge on any atom is 0.261 e. The lowest BCUT2D eigenvalue weighted by Crippen LogP contribution is -2.16. The lowest BCUT2D eigenvalue weighted by molar-refractivity contribution is 0.101. The normalized spacial score (nSPS) is 10.9. The van der Waals surface area contributed by atoms with Crippen molar-refractivity contribution in [3.05, 3.63) is 119 Å². The van der Waals surface area contributed by atoms with Crippen molar-refractivity contribution in [1.82, 2.24) is 0 Å². The van der Waals surface area contributed by atoms with Gasteiger partial charge in [-0.05, 0) is 80.1 Å². The third-order valence-corrected chi connectivity index (χ3v) is 6.91.